The van der Waals surface area contributed by atoms with E-state index < -0.39 is 29.9 Å². The number of hydrogen-bond acceptors (Lipinski definition) is 5. The van der Waals surface area contributed by atoms with Crippen LogP contribution in [0.15, 0.2) is 48.5 Å². The molecule has 29 heavy (non-hydrogen) atoms. The van der Waals surface area contributed by atoms with Crippen LogP contribution >= 0.6 is 0 Å². The number of carbonyl (C=O) groups excluding carboxylic acids is 4. The van der Waals surface area contributed by atoms with Crippen LogP contribution < -0.4 is 10.2 Å². The first-order valence-corrected chi connectivity index (χ1v) is 9.21. The number of amides is 4. The van der Waals surface area contributed by atoms with Crippen molar-refractivity contribution >= 4 is 29.5 Å². The van der Waals surface area contributed by atoms with Gasteiger partial charge in [0.05, 0.1) is 24.2 Å². The molecule has 0 radical (unpaired) electrons. The van der Waals surface area contributed by atoms with Gasteiger partial charge in [-0.05, 0) is 36.8 Å². The average Bonchev–Trinajstić information content (AvgIpc) is 3.20. The summed E-state index contributed by atoms with van der Waals surface area (Å²) in [5.74, 6) is -1.47. The van der Waals surface area contributed by atoms with Gasteiger partial charge in [0, 0.05) is 5.69 Å². The van der Waals surface area contributed by atoms with E-state index in [1.165, 1.54) is 4.90 Å². The van der Waals surface area contributed by atoms with Crippen LogP contribution in [-0.2, 0) is 9.53 Å². The molecule has 0 aliphatic carbocycles. The van der Waals surface area contributed by atoms with Crippen LogP contribution in [0.5, 0.6) is 0 Å². The van der Waals surface area contributed by atoms with E-state index in [1.807, 2.05) is 31.2 Å². The highest BCUT2D eigenvalue weighted by molar-refractivity contribution is 6.22. The molecule has 2 heterocycles. The molecule has 2 aliphatic heterocycles. The molecule has 4 amide bonds. The van der Waals surface area contributed by atoms with Crippen LogP contribution in [0, 0.1) is 6.92 Å². The van der Waals surface area contributed by atoms with Crippen molar-refractivity contribution in [3.8, 4) is 0 Å². The summed E-state index contributed by atoms with van der Waals surface area (Å²) in [6.45, 7) is 1.95. The van der Waals surface area contributed by atoms with Gasteiger partial charge in [0.2, 0.25) is 5.91 Å². The van der Waals surface area contributed by atoms with Gasteiger partial charge < -0.3 is 10.1 Å². The smallest absolute Gasteiger partial charge is 0.414 e. The van der Waals surface area contributed by atoms with Crippen molar-refractivity contribution in [2.75, 3.05) is 24.5 Å². The van der Waals surface area contributed by atoms with E-state index in [0.717, 1.165) is 16.2 Å². The van der Waals surface area contributed by atoms with Crippen molar-refractivity contribution in [3.05, 3.63) is 65.2 Å². The van der Waals surface area contributed by atoms with Crippen LogP contribution in [0.1, 0.15) is 26.3 Å². The number of nitrogens with zero attached hydrogens (tertiary/aromatic N) is 2. The first kappa shape index (κ1) is 18.7. The zero-order valence-corrected chi connectivity index (χ0v) is 15.8. The molecule has 1 saturated heterocycles. The SMILES string of the molecule is Cc1cccc(N2CC(CNC(=O)CN3C(=O)c4ccccc4C3=O)OC2=O)c1. The summed E-state index contributed by atoms with van der Waals surface area (Å²) < 4.78 is 5.31. The average molecular weight is 393 g/mol. The maximum absolute atomic E-state index is 12.3. The van der Waals surface area contributed by atoms with Crippen molar-refractivity contribution in [1.82, 2.24) is 10.2 Å². The van der Waals surface area contributed by atoms with Gasteiger partial charge in [-0.2, -0.15) is 0 Å². The van der Waals surface area contributed by atoms with Gasteiger partial charge in [0.25, 0.3) is 11.8 Å². The topological polar surface area (TPSA) is 96.0 Å². The summed E-state index contributed by atoms with van der Waals surface area (Å²) in [4.78, 5) is 51.5. The molecule has 1 N–H and O–H groups in total. The third-order valence-electron chi connectivity index (χ3n) is 4.89. The molecular formula is C21H19N3O5. The van der Waals surface area contributed by atoms with Gasteiger partial charge in [0.1, 0.15) is 12.6 Å². The number of anilines is 1. The number of imide groups is 1. The number of hydrogen-bond donors (Lipinski definition) is 1. The molecule has 1 fully saturated rings. The molecule has 0 spiro atoms. The predicted octanol–water partition coefficient (Wildman–Crippen LogP) is 1.73. The van der Waals surface area contributed by atoms with Crippen LogP contribution in [0.3, 0.4) is 0 Å². The third kappa shape index (κ3) is 3.56. The van der Waals surface area contributed by atoms with Crippen molar-refractivity contribution in [1.29, 1.82) is 0 Å². The Kier molecular flexibility index (Phi) is 4.75. The Hall–Kier alpha value is -3.68. The van der Waals surface area contributed by atoms with E-state index in [2.05, 4.69) is 5.32 Å². The summed E-state index contributed by atoms with van der Waals surface area (Å²) in [6, 6.07) is 13.9. The van der Waals surface area contributed by atoms with Crippen LogP contribution in [-0.4, -0.2) is 54.5 Å². The summed E-state index contributed by atoms with van der Waals surface area (Å²) in [7, 11) is 0. The standard InChI is InChI=1S/C21H19N3O5/c1-13-5-4-6-14(9-13)23-11-15(29-21(23)28)10-22-18(25)12-24-19(26)16-7-2-3-8-17(16)20(24)27/h2-9,15H,10-12H2,1H3,(H,22,25). The van der Waals surface area contributed by atoms with Crippen molar-refractivity contribution in [3.63, 3.8) is 0 Å². The number of ether oxygens (including phenoxy) is 1. The van der Waals surface area contributed by atoms with E-state index >= 15 is 0 Å². The molecule has 8 nitrogen and oxygen atoms in total. The van der Waals surface area contributed by atoms with Crippen molar-refractivity contribution < 1.29 is 23.9 Å². The van der Waals surface area contributed by atoms with Gasteiger partial charge in [-0.1, -0.05) is 24.3 Å². The minimum Gasteiger partial charge on any atom is -0.442 e. The normalized spacial score (nSPS) is 18.1. The number of cyclic esters (lactones) is 1. The van der Waals surface area contributed by atoms with Gasteiger partial charge in [0.15, 0.2) is 0 Å². The second-order valence-electron chi connectivity index (χ2n) is 7.00. The van der Waals surface area contributed by atoms with Gasteiger partial charge in [-0.15, -0.1) is 0 Å². The Morgan fingerprint density at radius 1 is 1.07 bits per heavy atom. The molecule has 1 unspecified atom stereocenters. The number of nitrogens with one attached hydrogen (secondary N) is 1. The number of fused-ring (bicyclic) bond motifs is 1. The molecule has 4 rings (SSSR count). The fourth-order valence-corrected chi connectivity index (χ4v) is 3.44. The molecular weight excluding hydrogens is 374 g/mol. The highest BCUT2D eigenvalue weighted by Gasteiger charge is 2.37. The van der Waals surface area contributed by atoms with E-state index in [-0.39, 0.29) is 13.1 Å². The van der Waals surface area contributed by atoms with E-state index in [0.29, 0.717) is 17.7 Å². The van der Waals surface area contributed by atoms with Crippen LogP contribution in [0.2, 0.25) is 0 Å². The Morgan fingerprint density at radius 2 is 1.76 bits per heavy atom. The summed E-state index contributed by atoms with van der Waals surface area (Å²) in [6.07, 6.45) is -0.996. The summed E-state index contributed by atoms with van der Waals surface area (Å²) >= 11 is 0. The molecule has 8 heteroatoms. The minimum absolute atomic E-state index is 0.0933. The summed E-state index contributed by atoms with van der Waals surface area (Å²) in [5.41, 5.74) is 2.34. The lowest BCUT2D eigenvalue weighted by atomic mass is 10.1. The maximum Gasteiger partial charge on any atom is 0.414 e. The fraction of sp³-hybridized carbons (Fsp3) is 0.238. The van der Waals surface area contributed by atoms with Crippen LogP contribution in [0.25, 0.3) is 0 Å². The lowest BCUT2D eigenvalue weighted by Gasteiger charge is -2.15. The van der Waals surface area contributed by atoms with Crippen LogP contribution in [0.4, 0.5) is 10.5 Å². The number of rotatable bonds is 5. The Labute approximate surface area is 167 Å². The number of carbonyl (C=O) groups is 4. The fourth-order valence-electron chi connectivity index (χ4n) is 3.44. The van der Waals surface area contributed by atoms with Gasteiger partial charge in [-0.25, -0.2) is 4.79 Å². The highest BCUT2D eigenvalue weighted by atomic mass is 16.6. The zero-order chi connectivity index (χ0) is 20.5. The maximum atomic E-state index is 12.3. The molecule has 0 bridgehead atoms. The molecule has 0 aromatic heterocycles. The first-order valence-electron chi connectivity index (χ1n) is 9.21. The molecule has 0 saturated carbocycles. The minimum atomic E-state index is -0.519. The van der Waals surface area contributed by atoms with E-state index in [1.54, 1.807) is 24.3 Å². The molecule has 148 valence electrons. The second-order valence-corrected chi connectivity index (χ2v) is 7.00. The molecule has 2 aromatic rings. The van der Waals surface area contributed by atoms with Crippen molar-refractivity contribution in [2.24, 2.45) is 0 Å². The van der Waals surface area contributed by atoms with E-state index in [9.17, 15) is 19.2 Å². The Balaban J connectivity index is 1.32. The lowest BCUT2D eigenvalue weighted by Crippen LogP contribution is -2.43. The monoisotopic (exact) mass is 393 g/mol. The second kappa shape index (κ2) is 7.38. The first-order chi connectivity index (χ1) is 13.9. The predicted molar refractivity (Wildman–Crippen MR) is 104 cm³/mol. The Bertz CT molecular complexity index is 984. The molecule has 2 aliphatic rings. The molecule has 1 atom stereocenters. The Morgan fingerprint density at radius 3 is 2.41 bits per heavy atom. The largest absolute Gasteiger partial charge is 0.442 e. The van der Waals surface area contributed by atoms with Gasteiger partial charge >= 0.3 is 6.09 Å². The van der Waals surface area contributed by atoms with Gasteiger partial charge in [-0.3, -0.25) is 24.2 Å². The highest BCUT2D eigenvalue weighted by Crippen LogP contribution is 2.23. The molecule has 2 aromatic carbocycles. The quantitative estimate of drug-likeness (QED) is 0.781. The number of benzene rings is 2. The number of aryl methyl sites for hydroxylation is 1. The zero-order valence-electron chi connectivity index (χ0n) is 15.8. The third-order valence-corrected chi connectivity index (χ3v) is 4.89. The van der Waals surface area contributed by atoms with Crippen molar-refractivity contribution in [2.45, 2.75) is 13.0 Å². The lowest BCUT2D eigenvalue weighted by molar-refractivity contribution is -0.121. The van der Waals surface area contributed by atoms with E-state index in [4.69, 9.17) is 4.74 Å². The summed E-state index contributed by atoms with van der Waals surface area (Å²) in [5, 5.41) is 2.63.